The van der Waals surface area contributed by atoms with E-state index in [0.717, 1.165) is 18.4 Å². The lowest BCUT2D eigenvalue weighted by Crippen LogP contribution is -2.36. The van der Waals surface area contributed by atoms with Gasteiger partial charge in [0, 0.05) is 24.7 Å². The number of nitrogens with two attached hydrogens (primary N) is 1. The molecule has 0 heterocycles. The van der Waals surface area contributed by atoms with Gasteiger partial charge >= 0.3 is 0 Å². The zero-order valence-electron chi connectivity index (χ0n) is 12.9. The zero-order chi connectivity index (χ0) is 15.7. The minimum absolute atomic E-state index is 0.113. The van der Waals surface area contributed by atoms with Crippen LogP contribution in [0.15, 0.2) is 18.2 Å². The Morgan fingerprint density at radius 3 is 2.62 bits per heavy atom. The number of halogens is 1. The molecule has 1 rings (SSSR count). The van der Waals surface area contributed by atoms with Crippen molar-refractivity contribution in [3.8, 4) is 11.8 Å². The highest BCUT2D eigenvalue weighted by Crippen LogP contribution is 2.17. The molecule has 0 fully saturated rings. The highest BCUT2D eigenvalue weighted by molar-refractivity contribution is 5.42. The maximum Gasteiger partial charge on any atom is 0.124 e. The van der Waals surface area contributed by atoms with Gasteiger partial charge in [0.1, 0.15) is 5.82 Å². The Morgan fingerprint density at radius 1 is 1.33 bits per heavy atom. The van der Waals surface area contributed by atoms with Gasteiger partial charge in [-0.05, 0) is 30.5 Å². The molecule has 1 aromatic rings. The summed E-state index contributed by atoms with van der Waals surface area (Å²) in [5.74, 6) is 5.41. The predicted molar refractivity (Wildman–Crippen MR) is 84.2 cm³/mol. The Labute approximate surface area is 127 Å². The third-order valence-electron chi connectivity index (χ3n) is 3.62. The van der Waals surface area contributed by atoms with Crippen LogP contribution in [0.4, 0.5) is 4.39 Å². The van der Waals surface area contributed by atoms with Crippen molar-refractivity contribution in [3.63, 3.8) is 0 Å². The van der Waals surface area contributed by atoms with Crippen molar-refractivity contribution in [2.45, 2.75) is 39.3 Å². The number of hydrogen-bond donors (Lipinski definition) is 2. The first-order valence-corrected chi connectivity index (χ1v) is 7.48. The Kier molecular flexibility index (Phi) is 7.99. The van der Waals surface area contributed by atoms with Crippen molar-refractivity contribution in [2.24, 2.45) is 5.73 Å². The standard InChI is InChI=1S/C17H25FN2O/c1-3-17(4-2)20(10-11-21)13-15-7-8-16(18)12-14(15)6-5-9-19/h7-8,12,17,21H,3-4,9-11,13,19H2,1-2H3. The summed E-state index contributed by atoms with van der Waals surface area (Å²) in [4.78, 5) is 2.22. The molecule has 0 bridgehead atoms. The number of aliphatic hydroxyl groups excluding tert-OH is 1. The van der Waals surface area contributed by atoms with Gasteiger partial charge < -0.3 is 10.8 Å². The highest BCUT2D eigenvalue weighted by Gasteiger charge is 2.16. The fourth-order valence-electron chi connectivity index (χ4n) is 2.49. The maximum atomic E-state index is 13.4. The topological polar surface area (TPSA) is 49.5 Å². The van der Waals surface area contributed by atoms with Crippen LogP contribution in [0.1, 0.15) is 37.8 Å². The first-order chi connectivity index (χ1) is 10.2. The summed E-state index contributed by atoms with van der Waals surface area (Å²) in [6.07, 6.45) is 2.03. The fourth-order valence-corrected chi connectivity index (χ4v) is 2.49. The molecule has 1 aromatic carbocycles. The van der Waals surface area contributed by atoms with Crippen LogP contribution in [0.3, 0.4) is 0 Å². The van der Waals surface area contributed by atoms with Gasteiger partial charge in [-0.15, -0.1) is 0 Å². The van der Waals surface area contributed by atoms with Crippen LogP contribution < -0.4 is 5.73 Å². The molecule has 0 saturated heterocycles. The molecule has 0 aliphatic carbocycles. The van der Waals surface area contributed by atoms with Crippen LogP contribution in [0.25, 0.3) is 0 Å². The predicted octanol–water partition coefficient (Wildman–Crippen LogP) is 2.12. The molecule has 0 aliphatic heterocycles. The average molecular weight is 292 g/mol. The summed E-state index contributed by atoms with van der Waals surface area (Å²) in [5, 5.41) is 9.26. The van der Waals surface area contributed by atoms with Crippen LogP contribution in [0.2, 0.25) is 0 Å². The van der Waals surface area contributed by atoms with E-state index in [1.807, 2.05) is 0 Å². The lowest BCUT2D eigenvalue weighted by molar-refractivity contribution is 0.136. The first kappa shape index (κ1) is 17.6. The Bertz CT molecular complexity index is 489. The summed E-state index contributed by atoms with van der Waals surface area (Å²) in [5.41, 5.74) is 7.04. The van der Waals surface area contributed by atoms with E-state index < -0.39 is 0 Å². The fraction of sp³-hybridized carbons (Fsp3) is 0.529. The van der Waals surface area contributed by atoms with Crippen molar-refractivity contribution >= 4 is 0 Å². The van der Waals surface area contributed by atoms with Gasteiger partial charge in [0.15, 0.2) is 0 Å². The maximum absolute atomic E-state index is 13.4. The van der Waals surface area contributed by atoms with Crippen molar-refractivity contribution in [1.82, 2.24) is 4.90 Å². The molecule has 3 N–H and O–H groups in total. The average Bonchev–Trinajstić information content (AvgIpc) is 2.48. The molecule has 0 radical (unpaired) electrons. The SMILES string of the molecule is CCC(CC)N(CCO)Cc1ccc(F)cc1C#CCN. The number of hydrogen-bond acceptors (Lipinski definition) is 3. The minimum atomic E-state index is -0.295. The van der Waals surface area contributed by atoms with Crippen LogP contribution in [0, 0.1) is 17.7 Å². The first-order valence-electron chi connectivity index (χ1n) is 7.48. The highest BCUT2D eigenvalue weighted by atomic mass is 19.1. The lowest BCUT2D eigenvalue weighted by atomic mass is 10.0. The van der Waals surface area contributed by atoms with Gasteiger partial charge in [0.05, 0.1) is 13.2 Å². The summed E-state index contributed by atoms with van der Waals surface area (Å²) in [7, 11) is 0. The van der Waals surface area contributed by atoms with E-state index >= 15 is 0 Å². The zero-order valence-corrected chi connectivity index (χ0v) is 12.9. The molecule has 0 spiro atoms. The number of benzene rings is 1. The van der Waals surface area contributed by atoms with Crippen LogP contribution in [-0.4, -0.2) is 35.7 Å². The third-order valence-corrected chi connectivity index (χ3v) is 3.62. The molecule has 116 valence electrons. The molecule has 0 amide bonds. The molecular formula is C17H25FN2O. The van der Waals surface area contributed by atoms with Gasteiger partial charge in [-0.1, -0.05) is 31.8 Å². The van der Waals surface area contributed by atoms with E-state index in [1.54, 1.807) is 6.07 Å². The largest absolute Gasteiger partial charge is 0.395 e. The van der Waals surface area contributed by atoms with Gasteiger partial charge in [0.2, 0.25) is 0 Å². The second kappa shape index (κ2) is 9.51. The Balaban J connectivity index is 3.02. The molecule has 21 heavy (non-hydrogen) atoms. The quantitative estimate of drug-likeness (QED) is 0.757. The van der Waals surface area contributed by atoms with Gasteiger partial charge in [0.25, 0.3) is 0 Å². The minimum Gasteiger partial charge on any atom is -0.395 e. The summed E-state index contributed by atoms with van der Waals surface area (Å²) in [6.45, 7) is 5.90. The van der Waals surface area contributed by atoms with E-state index in [0.29, 0.717) is 24.7 Å². The lowest BCUT2D eigenvalue weighted by Gasteiger charge is -2.30. The molecule has 4 heteroatoms. The van der Waals surface area contributed by atoms with Gasteiger partial charge in [-0.2, -0.15) is 0 Å². The van der Waals surface area contributed by atoms with E-state index in [2.05, 4.69) is 30.6 Å². The van der Waals surface area contributed by atoms with Crippen molar-refractivity contribution < 1.29 is 9.50 Å². The normalized spacial score (nSPS) is 10.8. The van der Waals surface area contributed by atoms with Crippen LogP contribution >= 0.6 is 0 Å². The summed E-state index contributed by atoms with van der Waals surface area (Å²) < 4.78 is 13.4. The Morgan fingerprint density at radius 2 is 2.05 bits per heavy atom. The summed E-state index contributed by atoms with van der Waals surface area (Å²) >= 11 is 0. The monoisotopic (exact) mass is 292 g/mol. The van der Waals surface area contributed by atoms with Crippen molar-refractivity contribution in [3.05, 3.63) is 35.1 Å². The second-order valence-electron chi connectivity index (χ2n) is 4.97. The van der Waals surface area contributed by atoms with E-state index in [-0.39, 0.29) is 19.0 Å². The summed E-state index contributed by atoms with van der Waals surface area (Å²) in [6, 6.07) is 5.06. The van der Waals surface area contributed by atoms with Crippen molar-refractivity contribution in [2.75, 3.05) is 19.7 Å². The molecular weight excluding hydrogens is 267 g/mol. The smallest absolute Gasteiger partial charge is 0.124 e. The van der Waals surface area contributed by atoms with E-state index in [1.165, 1.54) is 12.1 Å². The van der Waals surface area contributed by atoms with Crippen molar-refractivity contribution in [1.29, 1.82) is 0 Å². The molecule has 0 saturated carbocycles. The molecule has 0 unspecified atom stereocenters. The van der Waals surface area contributed by atoms with Crippen LogP contribution in [0.5, 0.6) is 0 Å². The Hall–Kier alpha value is -1.41. The van der Waals surface area contributed by atoms with E-state index in [4.69, 9.17) is 5.73 Å². The molecule has 3 nitrogen and oxygen atoms in total. The number of rotatable bonds is 7. The number of aliphatic hydroxyl groups is 1. The molecule has 0 atom stereocenters. The molecule has 0 aliphatic rings. The van der Waals surface area contributed by atoms with Crippen LogP contribution in [-0.2, 0) is 6.54 Å². The molecule has 0 aromatic heterocycles. The van der Waals surface area contributed by atoms with Gasteiger partial charge in [-0.25, -0.2) is 4.39 Å². The van der Waals surface area contributed by atoms with Gasteiger partial charge in [-0.3, -0.25) is 4.90 Å². The third kappa shape index (κ3) is 5.47. The van der Waals surface area contributed by atoms with E-state index in [9.17, 15) is 9.50 Å². The second-order valence-corrected chi connectivity index (χ2v) is 4.97. The number of nitrogens with zero attached hydrogens (tertiary/aromatic N) is 1.